The number of amides is 1. The van der Waals surface area contributed by atoms with Crippen molar-refractivity contribution in [3.63, 3.8) is 0 Å². The van der Waals surface area contributed by atoms with Crippen LogP contribution in [0.15, 0.2) is 54.7 Å². The lowest BCUT2D eigenvalue weighted by atomic mass is 10.0. The molecule has 2 aromatic heterocycles. The highest BCUT2D eigenvalue weighted by Crippen LogP contribution is 2.29. The van der Waals surface area contributed by atoms with Gasteiger partial charge in [0.1, 0.15) is 5.75 Å². The summed E-state index contributed by atoms with van der Waals surface area (Å²) in [6, 6.07) is 13.1. The van der Waals surface area contributed by atoms with E-state index in [-0.39, 0.29) is 17.1 Å². The van der Waals surface area contributed by atoms with Gasteiger partial charge in [0.25, 0.3) is 11.6 Å². The Balaban J connectivity index is 1.80. The largest absolute Gasteiger partial charge is 0.496 e. The van der Waals surface area contributed by atoms with Crippen LogP contribution in [0.3, 0.4) is 0 Å². The molecule has 156 valence electrons. The number of aromatic nitrogens is 3. The molecular weight excluding hydrogens is 398 g/mol. The zero-order valence-electron chi connectivity index (χ0n) is 17.1. The minimum Gasteiger partial charge on any atom is -0.496 e. The molecule has 31 heavy (non-hydrogen) atoms. The lowest BCUT2D eigenvalue weighted by Gasteiger charge is -2.11. The van der Waals surface area contributed by atoms with E-state index in [0.29, 0.717) is 22.2 Å². The number of carbonyl (C=O) groups is 1. The van der Waals surface area contributed by atoms with Crippen molar-refractivity contribution in [1.29, 1.82) is 0 Å². The Bertz CT molecular complexity index is 1330. The lowest BCUT2D eigenvalue weighted by Crippen LogP contribution is -2.13. The molecular formula is C22H19N5O4. The van der Waals surface area contributed by atoms with E-state index in [9.17, 15) is 14.9 Å². The van der Waals surface area contributed by atoms with Gasteiger partial charge in [-0.2, -0.15) is 5.10 Å². The van der Waals surface area contributed by atoms with E-state index >= 15 is 0 Å². The zero-order valence-corrected chi connectivity index (χ0v) is 17.1. The fourth-order valence-electron chi connectivity index (χ4n) is 3.33. The number of pyridine rings is 1. The van der Waals surface area contributed by atoms with Crippen LogP contribution in [-0.4, -0.2) is 32.7 Å². The molecule has 1 amide bonds. The Kier molecular flexibility index (Phi) is 5.08. The van der Waals surface area contributed by atoms with Crippen LogP contribution in [-0.2, 0) is 7.05 Å². The van der Waals surface area contributed by atoms with E-state index in [1.54, 1.807) is 16.9 Å². The van der Waals surface area contributed by atoms with Crippen LogP contribution in [0.5, 0.6) is 5.75 Å². The van der Waals surface area contributed by atoms with Crippen molar-refractivity contribution in [2.24, 2.45) is 7.05 Å². The van der Waals surface area contributed by atoms with E-state index in [0.717, 1.165) is 11.3 Å². The maximum absolute atomic E-state index is 13.2. The van der Waals surface area contributed by atoms with Crippen molar-refractivity contribution >= 4 is 28.2 Å². The molecule has 1 N–H and O–H groups in total. The number of ether oxygens (including phenoxy) is 1. The second kappa shape index (κ2) is 7.86. The molecule has 0 unspecified atom stereocenters. The number of para-hydroxylation sites is 1. The number of nitrogens with zero attached hydrogens (tertiary/aromatic N) is 4. The molecule has 0 spiro atoms. The number of anilines is 1. The highest BCUT2D eigenvalue weighted by Gasteiger charge is 2.18. The highest BCUT2D eigenvalue weighted by atomic mass is 16.6. The first-order valence-corrected chi connectivity index (χ1v) is 9.41. The second-order valence-corrected chi connectivity index (χ2v) is 6.97. The van der Waals surface area contributed by atoms with Gasteiger partial charge < -0.3 is 10.1 Å². The van der Waals surface area contributed by atoms with Crippen molar-refractivity contribution < 1.29 is 14.5 Å². The predicted molar refractivity (Wildman–Crippen MR) is 116 cm³/mol. The quantitative estimate of drug-likeness (QED) is 0.386. The summed E-state index contributed by atoms with van der Waals surface area (Å²) in [6.45, 7) is 1.92. The molecule has 0 fully saturated rings. The van der Waals surface area contributed by atoms with Crippen molar-refractivity contribution in [3.05, 3.63) is 76.1 Å². The average molecular weight is 417 g/mol. The molecule has 9 nitrogen and oxygen atoms in total. The summed E-state index contributed by atoms with van der Waals surface area (Å²) >= 11 is 0. The van der Waals surface area contributed by atoms with Gasteiger partial charge in [0.15, 0.2) is 0 Å². The minimum absolute atomic E-state index is 0.180. The molecule has 2 heterocycles. The number of rotatable bonds is 5. The second-order valence-electron chi connectivity index (χ2n) is 6.97. The van der Waals surface area contributed by atoms with Crippen molar-refractivity contribution in [2.75, 3.05) is 12.4 Å². The van der Waals surface area contributed by atoms with Gasteiger partial charge in [0.05, 0.1) is 46.8 Å². The smallest absolute Gasteiger partial charge is 0.275 e. The fraction of sp³-hybridized carbons (Fsp3) is 0.136. The standard InChI is InChI=1S/C22H19N5O4/c1-13-19(12-23-26(13)2)21-11-18(17-6-4-5-7-20(17)25-21)22(28)24-14-8-15(27(29)30)10-16(9-14)31-3/h4-12H,1-3H3,(H,24,28). The molecule has 4 rings (SSSR count). The van der Waals surface area contributed by atoms with Crippen LogP contribution in [0.4, 0.5) is 11.4 Å². The molecule has 9 heteroatoms. The number of carbonyl (C=O) groups excluding carboxylic acids is 1. The summed E-state index contributed by atoms with van der Waals surface area (Å²) in [7, 11) is 3.24. The van der Waals surface area contributed by atoms with Crippen LogP contribution in [0.25, 0.3) is 22.2 Å². The fourth-order valence-corrected chi connectivity index (χ4v) is 3.33. The molecule has 0 saturated heterocycles. The third kappa shape index (κ3) is 3.80. The van der Waals surface area contributed by atoms with Gasteiger partial charge >= 0.3 is 0 Å². The Morgan fingerprint density at radius 3 is 2.65 bits per heavy atom. The topological polar surface area (TPSA) is 112 Å². The van der Waals surface area contributed by atoms with Crippen molar-refractivity contribution in [1.82, 2.24) is 14.8 Å². The number of nitro benzene ring substituents is 1. The van der Waals surface area contributed by atoms with Crippen LogP contribution >= 0.6 is 0 Å². The number of hydrogen-bond donors (Lipinski definition) is 1. The van der Waals surface area contributed by atoms with Crippen LogP contribution in [0.1, 0.15) is 16.1 Å². The van der Waals surface area contributed by atoms with Gasteiger partial charge in [-0.05, 0) is 19.1 Å². The molecule has 0 saturated carbocycles. The van der Waals surface area contributed by atoms with Crippen LogP contribution < -0.4 is 10.1 Å². The third-order valence-corrected chi connectivity index (χ3v) is 5.07. The maximum atomic E-state index is 13.2. The normalized spacial score (nSPS) is 10.8. The maximum Gasteiger partial charge on any atom is 0.275 e. The first kappa shape index (κ1) is 20.0. The summed E-state index contributed by atoms with van der Waals surface area (Å²) in [4.78, 5) is 28.6. The van der Waals surface area contributed by atoms with Gasteiger partial charge in [-0.15, -0.1) is 0 Å². The Hall–Kier alpha value is -4.27. The number of nitro groups is 1. The van der Waals surface area contributed by atoms with E-state index in [4.69, 9.17) is 9.72 Å². The molecule has 2 aromatic carbocycles. The summed E-state index contributed by atoms with van der Waals surface area (Å²) < 4.78 is 6.86. The summed E-state index contributed by atoms with van der Waals surface area (Å²) in [6.07, 6.45) is 1.71. The van der Waals surface area contributed by atoms with Crippen molar-refractivity contribution in [2.45, 2.75) is 6.92 Å². The van der Waals surface area contributed by atoms with Gasteiger partial charge in [-0.25, -0.2) is 4.98 Å². The number of fused-ring (bicyclic) bond motifs is 1. The van der Waals surface area contributed by atoms with Gasteiger partial charge in [-0.1, -0.05) is 18.2 Å². The first-order valence-electron chi connectivity index (χ1n) is 9.41. The SMILES string of the molecule is COc1cc(NC(=O)c2cc(-c3cnn(C)c3C)nc3ccccc23)cc([N+](=O)[O-])c1. The highest BCUT2D eigenvalue weighted by molar-refractivity contribution is 6.13. The average Bonchev–Trinajstić information content (AvgIpc) is 3.10. The van der Waals surface area contributed by atoms with E-state index < -0.39 is 10.8 Å². The van der Waals surface area contributed by atoms with Crippen molar-refractivity contribution in [3.8, 4) is 17.0 Å². The third-order valence-electron chi connectivity index (χ3n) is 5.07. The number of hydrogen-bond acceptors (Lipinski definition) is 6. The molecule has 0 atom stereocenters. The van der Waals surface area contributed by atoms with Crippen LogP contribution in [0, 0.1) is 17.0 Å². The predicted octanol–water partition coefficient (Wildman–Crippen LogP) is 4.11. The number of aryl methyl sites for hydroxylation is 1. The molecule has 4 aromatic rings. The molecule has 0 aliphatic carbocycles. The number of non-ortho nitro benzene ring substituents is 1. The van der Waals surface area contributed by atoms with Gasteiger partial charge in [0, 0.05) is 35.8 Å². The zero-order chi connectivity index (χ0) is 22.1. The monoisotopic (exact) mass is 417 g/mol. The Labute approximate surface area is 177 Å². The van der Waals surface area contributed by atoms with Gasteiger partial charge in [-0.3, -0.25) is 19.6 Å². The summed E-state index contributed by atoms with van der Waals surface area (Å²) in [5, 5.41) is 18.9. The molecule has 0 aliphatic heterocycles. The molecule has 0 radical (unpaired) electrons. The Morgan fingerprint density at radius 1 is 1.19 bits per heavy atom. The number of methoxy groups -OCH3 is 1. The number of nitrogens with one attached hydrogen (secondary N) is 1. The van der Waals surface area contributed by atoms with E-state index in [2.05, 4.69) is 10.4 Å². The Morgan fingerprint density at radius 2 is 1.97 bits per heavy atom. The van der Waals surface area contributed by atoms with Gasteiger partial charge in [0.2, 0.25) is 0 Å². The first-order chi connectivity index (χ1) is 14.9. The molecule has 0 bridgehead atoms. The summed E-state index contributed by atoms with van der Waals surface area (Å²) in [5.74, 6) is -0.139. The minimum atomic E-state index is -0.538. The van der Waals surface area contributed by atoms with Crippen LogP contribution in [0.2, 0.25) is 0 Å². The number of benzene rings is 2. The molecule has 0 aliphatic rings. The lowest BCUT2D eigenvalue weighted by molar-refractivity contribution is -0.384. The summed E-state index contributed by atoms with van der Waals surface area (Å²) in [5.41, 5.74) is 3.49. The van der Waals surface area contributed by atoms with E-state index in [1.165, 1.54) is 25.3 Å². The van der Waals surface area contributed by atoms with E-state index in [1.807, 2.05) is 38.2 Å².